The average Bonchev–Trinajstić information content (AvgIpc) is 2.56. The molecule has 0 atom stereocenters. The molecule has 23 heavy (non-hydrogen) atoms. The summed E-state index contributed by atoms with van der Waals surface area (Å²) in [6.45, 7) is 10.2. The topological polar surface area (TPSA) is 68.2 Å². The molecule has 0 aromatic rings. The van der Waals surface area contributed by atoms with Crippen LogP contribution in [0.2, 0.25) is 0 Å². The minimum absolute atomic E-state index is 0.0476. The van der Waals surface area contributed by atoms with Crippen molar-refractivity contribution in [3.8, 4) is 0 Å². The van der Waals surface area contributed by atoms with Crippen LogP contribution in [0.3, 0.4) is 0 Å². The van der Waals surface area contributed by atoms with E-state index in [-0.39, 0.29) is 18.4 Å². The third kappa shape index (κ3) is 9.37. The number of carbonyl (C=O) groups excluding carboxylic acids is 1. The predicted octanol–water partition coefficient (Wildman–Crippen LogP) is 0.966. The highest BCUT2D eigenvalue weighted by molar-refractivity contribution is 5.82. The first-order valence-electron chi connectivity index (χ1n) is 8.75. The lowest BCUT2D eigenvalue weighted by molar-refractivity contribution is -0.127. The Morgan fingerprint density at radius 3 is 2.04 bits per heavy atom. The number of hydrogen-bond acceptors (Lipinski definition) is 6. The lowest BCUT2D eigenvalue weighted by Crippen LogP contribution is -2.39. The summed E-state index contributed by atoms with van der Waals surface area (Å²) in [5.41, 5.74) is 0. The maximum atomic E-state index is 12.0. The smallest absolute Gasteiger partial charge is 0.138 e. The summed E-state index contributed by atoms with van der Waals surface area (Å²) in [5.74, 6) is 0.832. The number of hydrogen-bond donors (Lipinski definition) is 1. The lowest BCUT2D eigenvalue weighted by Gasteiger charge is -2.31. The van der Waals surface area contributed by atoms with Gasteiger partial charge in [0.15, 0.2) is 0 Å². The number of piperidine rings is 1. The standard InChI is InChI=1S/C17H33NO5/c1-15(2)17(20)16-3-5-18(6-4-16)7-9-21-11-13-23-14-12-22-10-8-19/h15-16,19H,3-14H2,1-2H3. The van der Waals surface area contributed by atoms with Crippen molar-refractivity contribution in [3.05, 3.63) is 0 Å². The van der Waals surface area contributed by atoms with Gasteiger partial charge in [-0.3, -0.25) is 4.79 Å². The fourth-order valence-corrected chi connectivity index (χ4v) is 2.71. The van der Waals surface area contributed by atoms with Crippen LogP contribution in [0.15, 0.2) is 0 Å². The van der Waals surface area contributed by atoms with E-state index >= 15 is 0 Å². The molecule has 1 aliphatic rings. The molecular weight excluding hydrogens is 298 g/mol. The summed E-state index contributed by atoms with van der Waals surface area (Å²) in [7, 11) is 0. The van der Waals surface area contributed by atoms with E-state index in [9.17, 15) is 4.79 Å². The molecule has 0 amide bonds. The molecule has 6 nitrogen and oxygen atoms in total. The number of carbonyl (C=O) groups is 1. The minimum atomic E-state index is 0.0476. The molecule has 1 aliphatic heterocycles. The SMILES string of the molecule is CC(C)C(=O)C1CCN(CCOCCOCCOCCO)CC1. The van der Waals surface area contributed by atoms with Crippen LogP contribution in [-0.4, -0.2) is 81.7 Å². The zero-order valence-corrected chi connectivity index (χ0v) is 14.7. The van der Waals surface area contributed by atoms with Crippen LogP contribution in [0.4, 0.5) is 0 Å². The number of rotatable bonds is 13. The summed E-state index contributed by atoms with van der Waals surface area (Å²) in [6.07, 6.45) is 1.96. The monoisotopic (exact) mass is 331 g/mol. The Bertz CT molecular complexity index is 303. The maximum absolute atomic E-state index is 12.0. The minimum Gasteiger partial charge on any atom is -0.394 e. The number of aliphatic hydroxyl groups excluding tert-OH is 1. The Labute approximate surface area is 140 Å². The maximum Gasteiger partial charge on any atom is 0.138 e. The van der Waals surface area contributed by atoms with Crippen LogP contribution in [0, 0.1) is 11.8 Å². The van der Waals surface area contributed by atoms with Crippen LogP contribution in [0.25, 0.3) is 0 Å². The van der Waals surface area contributed by atoms with Crippen molar-refractivity contribution in [2.75, 3.05) is 65.9 Å². The molecule has 136 valence electrons. The second-order valence-electron chi connectivity index (χ2n) is 6.23. The highest BCUT2D eigenvalue weighted by Gasteiger charge is 2.25. The lowest BCUT2D eigenvalue weighted by atomic mass is 9.87. The number of Topliss-reactive ketones (excluding diaryl/α,β-unsaturated/α-hetero) is 1. The molecule has 0 unspecified atom stereocenters. The van der Waals surface area contributed by atoms with Crippen molar-refractivity contribution in [1.82, 2.24) is 4.90 Å². The number of aliphatic hydroxyl groups is 1. The van der Waals surface area contributed by atoms with Gasteiger partial charge in [0.25, 0.3) is 0 Å². The van der Waals surface area contributed by atoms with E-state index in [4.69, 9.17) is 19.3 Å². The summed E-state index contributed by atoms with van der Waals surface area (Å²) < 4.78 is 16.0. The second kappa shape index (κ2) is 12.8. The highest BCUT2D eigenvalue weighted by Crippen LogP contribution is 2.20. The van der Waals surface area contributed by atoms with Gasteiger partial charge in [-0.25, -0.2) is 0 Å². The van der Waals surface area contributed by atoms with E-state index in [1.54, 1.807) is 0 Å². The van der Waals surface area contributed by atoms with Gasteiger partial charge in [-0.1, -0.05) is 13.8 Å². The molecule has 0 spiro atoms. The van der Waals surface area contributed by atoms with Crippen molar-refractivity contribution in [1.29, 1.82) is 0 Å². The molecule has 0 saturated carbocycles. The molecule has 0 aromatic heterocycles. The average molecular weight is 331 g/mol. The third-order valence-electron chi connectivity index (χ3n) is 4.09. The Morgan fingerprint density at radius 1 is 1.00 bits per heavy atom. The largest absolute Gasteiger partial charge is 0.394 e. The van der Waals surface area contributed by atoms with Crippen molar-refractivity contribution < 1.29 is 24.1 Å². The van der Waals surface area contributed by atoms with Gasteiger partial charge in [-0.05, 0) is 25.9 Å². The number of likely N-dealkylation sites (tertiary alicyclic amines) is 1. The summed E-state index contributed by atoms with van der Waals surface area (Å²) in [6, 6.07) is 0. The van der Waals surface area contributed by atoms with E-state index in [0.29, 0.717) is 45.4 Å². The Morgan fingerprint density at radius 2 is 1.52 bits per heavy atom. The van der Waals surface area contributed by atoms with E-state index in [1.807, 2.05) is 13.8 Å². The van der Waals surface area contributed by atoms with Gasteiger partial charge in [-0.2, -0.15) is 0 Å². The summed E-state index contributed by atoms with van der Waals surface area (Å²) >= 11 is 0. The van der Waals surface area contributed by atoms with E-state index in [1.165, 1.54) is 0 Å². The van der Waals surface area contributed by atoms with Crippen LogP contribution in [-0.2, 0) is 19.0 Å². The zero-order valence-electron chi connectivity index (χ0n) is 14.7. The normalized spacial score (nSPS) is 17.0. The van der Waals surface area contributed by atoms with Gasteiger partial charge in [0.2, 0.25) is 0 Å². The molecule has 1 fully saturated rings. The van der Waals surface area contributed by atoms with Crippen LogP contribution >= 0.6 is 0 Å². The number of ether oxygens (including phenoxy) is 3. The Balaban J connectivity index is 1.91. The molecule has 1 saturated heterocycles. The zero-order chi connectivity index (χ0) is 16.9. The second-order valence-corrected chi connectivity index (χ2v) is 6.23. The number of ketones is 1. The molecule has 1 rings (SSSR count). The van der Waals surface area contributed by atoms with Gasteiger partial charge >= 0.3 is 0 Å². The fourth-order valence-electron chi connectivity index (χ4n) is 2.71. The molecule has 0 aromatic carbocycles. The van der Waals surface area contributed by atoms with Gasteiger partial charge in [0.05, 0.1) is 46.2 Å². The Kier molecular flexibility index (Phi) is 11.5. The van der Waals surface area contributed by atoms with Crippen molar-refractivity contribution in [3.63, 3.8) is 0 Å². The van der Waals surface area contributed by atoms with Gasteiger partial charge in [0.1, 0.15) is 5.78 Å². The first kappa shape index (κ1) is 20.5. The van der Waals surface area contributed by atoms with Crippen molar-refractivity contribution in [2.24, 2.45) is 11.8 Å². The van der Waals surface area contributed by atoms with Crippen LogP contribution < -0.4 is 0 Å². The Hall–Kier alpha value is -0.530. The van der Waals surface area contributed by atoms with Gasteiger partial charge in [-0.15, -0.1) is 0 Å². The molecule has 0 radical (unpaired) electrons. The molecular formula is C17H33NO5. The molecule has 0 bridgehead atoms. The fraction of sp³-hybridized carbons (Fsp3) is 0.941. The van der Waals surface area contributed by atoms with E-state index in [0.717, 1.165) is 32.5 Å². The first-order chi connectivity index (χ1) is 11.1. The molecule has 6 heteroatoms. The van der Waals surface area contributed by atoms with Crippen molar-refractivity contribution >= 4 is 5.78 Å². The highest BCUT2D eigenvalue weighted by atomic mass is 16.5. The van der Waals surface area contributed by atoms with Crippen LogP contribution in [0.1, 0.15) is 26.7 Å². The molecule has 1 N–H and O–H groups in total. The van der Waals surface area contributed by atoms with Crippen LogP contribution in [0.5, 0.6) is 0 Å². The molecule has 0 aliphatic carbocycles. The van der Waals surface area contributed by atoms with Gasteiger partial charge in [0, 0.05) is 18.4 Å². The molecule has 1 heterocycles. The first-order valence-corrected chi connectivity index (χ1v) is 8.75. The summed E-state index contributed by atoms with van der Waals surface area (Å²) in [4.78, 5) is 14.3. The van der Waals surface area contributed by atoms with Gasteiger partial charge < -0.3 is 24.2 Å². The van der Waals surface area contributed by atoms with E-state index in [2.05, 4.69) is 4.90 Å². The number of nitrogens with zero attached hydrogens (tertiary/aromatic N) is 1. The quantitative estimate of drug-likeness (QED) is 0.507. The predicted molar refractivity (Wildman–Crippen MR) is 88.6 cm³/mol. The van der Waals surface area contributed by atoms with E-state index < -0.39 is 0 Å². The van der Waals surface area contributed by atoms with Crippen molar-refractivity contribution in [2.45, 2.75) is 26.7 Å². The summed E-state index contributed by atoms with van der Waals surface area (Å²) in [5, 5.41) is 8.53. The third-order valence-corrected chi connectivity index (χ3v) is 4.09.